The van der Waals surface area contributed by atoms with E-state index in [9.17, 15) is 4.79 Å². The molecule has 1 aromatic rings. The molecule has 1 fully saturated rings. The molecule has 1 aliphatic heterocycles. The quantitative estimate of drug-likeness (QED) is 0.553. The molecular weight excluding hydrogens is 188 g/mol. The molecule has 2 rings (SSSR count). The summed E-state index contributed by atoms with van der Waals surface area (Å²) in [6, 6.07) is 9.95. The van der Waals surface area contributed by atoms with Crippen molar-refractivity contribution in [3.8, 4) is 0 Å². The van der Waals surface area contributed by atoms with Crippen molar-refractivity contribution >= 4 is 5.78 Å². The average Bonchev–Trinajstić information content (AvgIpc) is 2.98. The molecule has 1 aromatic carbocycles. The first-order valence-corrected chi connectivity index (χ1v) is 5.17. The number of Topliss-reactive ketones (excluding diaryl/α,β-unsaturated/α-hetero) is 1. The molecule has 78 valence electrons. The molecule has 1 saturated heterocycles. The highest BCUT2D eigenvalue weighted by molar-refractivity contribution is 5.91. The maximum absolute atomic E-state index is 11.8. The molecule has 0 radical (unpaired) electrons. The van der Waals surface area contributed by atoms with Gasteiger partial charge in [-0.2, -0.15) is 0 Å². The first kappa shape index (κ1) is 10.2. The smallest absolute Gasteiger partial charge is 0.213 e. The van der Waals surface area contributed by atoms with Gasteiger partial charge in [0.25, 0.3) is 0 Å². The van der Waals surface area contributed by atoms with Crippen LogP contribution in [-0.4, -0.2) is 18.0 Å². The van der Waals surface area contributed by atoms with Crippen molar-refractivity contribution in [2.75, 3.05) is 6.61 Å². The maximum Gasteiger partial charge on any atom is 0.213 e. The fourth-order valence-electron chi connectivity index (χ4n) is 1.67. The summed E-state index contributed by atoms with van der Waals surface area (Å²) in [5.74, 6) is -0.0914. The predicted octanol–water partition coefficient (Wildman–Crippen LogP) is 2.04. The highest BCUT2D eigenvalue weighted by Crippen LogP contribution is 2.30. The van der Waals surface area contributed by atoms with Crippen molar-refractivity contribution in [1.82, 2.24) is 0 Å². The summed E-state index contributed by atoms with van der Waals surface area (Å²) in [5.41, 5.74) is 0.608. The number of carbonyl (C=O) groups is 1. The zero-order valence-corrected chi connectivity index (χ0v) is 8.90. The van der Waals surface area contributed by atoms with E-state index in [0.29, 0.717) is 13.0 Å². The van der Waals surface area contributed by atoms with Crippen molar-refractivity contribution in [3.63, 3.8) is 0 Å². The number of epoxide rings is 1. The lowest BCUT2D eigenvalue weighted by Gasteiger charge is -2.07. The number of ketones is 1. The monoisotopic (exact) mass is 203 g/mol. The molecule has 2 unspecified atom stereocenters. The van der Waals surface area contributed by atoms with E-state index in [1.165, 1.54) is 0 Å². The van der Waals surface area contributed by atoms with E-state index < -0.39 is 5.60 Å². The molecule has 15 heavy (non-hydrogen) atoms. The zero-order chi connectivity index (χ0) is 10.9. The van der Waals surface area contributed by atoms with E-state index in [-0.39, 0.29) is 11.7 Å². The van der Waals surface area contributed by atoms with Crippen molar-refractivity contribution in [3.05, 3.63) is 42.8 Å². The van der Waals surface area contributed by atoms with Crippen LogP contribution in [0.4, 0.5) is 0 Å². The van der Waals surface area contributed by atoms with Gasteiger partial charge in [0.1, 0.15) is 0 Å². The van der Waals surface area contributed by atoms with Crippen LogP contribution in [0, 0.1) is 12.8 Å². The Morgan fingerprint density at radius 3 is 2.67 bits per heavy atom. The van der Waals surface area contributed by atoms with Crippen molar-refractivity contribution < 1.29 is 9.53 Å². The minimum atomic E-state index is -0.540. The van der Waals surface area contributed by atoms with E-state index in [4.69, 9.17) is 4.74 Å². The molecule has 0 aromatic heterocycles. The van der Waals surface area contributed by atoms with Gasteiger partial charge in [0, 0.05) is 6.42 Å². The first-order chi connectivity index (χ1) is 7.12. The minimum Gasteiger partial charge on any atom is -0.361 e. The molecule has 0 N–H and O–H groups in total. The van der Waals surface area contributed by atoms with Crippen LogP contribution < -0.4 is 0 Å². The van der Waals surface area contributed by atoms with Crippen LogP contribution in [0.5, 0.6) is 0 Å². The van der Waals surface area contributed by atoms with Crippen LogP contribution in [0.25, 0.3) is 0 Å². The summed E-state index contributed by atoms with van der Waals surface area (Å²) in [7, 11) is 0. The summed E-state index contributed by atoms with van der Waals surface area (Å²) in [6.45, 7) is 6.29. The van der Waals surface area contributed by atoms with E-state index in [1.807, 2.05) is 37.3 Å². The highest BCUT2D eigenvalue weighted by atomic mass is 16.6. The third-order valence-corrected chi connectivity index (χ3v) is 2.79. The number of benzene rings is 1. The van der Waals surface area contributed by atoms with Gasteiger partial charge < -0.3 is 4.74 Å². The molecule has 1 aliphatic rings. The molecule has 0 aliphatic carbocycles. The van der Waals surface area contributed by atoms with Crippen LogP contribution in [0.3, 0.4) is 0 Å². The predicted molar refractivity (Wildman–Crippen MR) is 58.4 cm³/mol. The fraction of sp³-hybridized carbons (Fsp3) is 0.385. The Morgan fingerprint density at radius 1 is 1.53 bits per heavy atom. The van der Waals surface area contributed by atoms with Crippen LogP contribution in [0.1, 0.15) is 12.5 Å². The van der Waals surface area contributed by atoms with Gasteiger partial charge >= 0.3 is 0 Å². The molecule has 2 heteroatoms. The van der Waals surface area contributed by atoms with Gasteiger partial charge in [-0.05, 0) is 12.5 Å². The van der Waals surface area contributed by atoms with E-state index in [0.717, 1.165) is 5.56 Å². The summed E-state index contributed by atoms with van der Waals surface area (Å²) in [4.78, 5) is 11.8. The summed E-state index contributed by atoms with van der Waals surface area (Å²) in [6.07, 6.45) is 0.693. The Hall–Kier alpha value is -1.28. The third-order valence-electron chi connectivity index (χ3n) is 2.79. The fourth-order valence-corrected chi connectivity index (χ4v) is 1.67. The molecular formula is C13H15O2+. The summed E-state index contributed by atoms with van der Waals surface area (Å²) in [5, 5.41) is 0. The van der Waals surface area contributed by atoms with Gasteiger partial charge in [0.05, 0.1) is 13.5 Å². The van der Waals surface area contributed by atoms with Crippen LogP contribution in [0.2, 0.25) is 0 Å². The van der Waals surface area contributed by atoms with Gasteiger partial charge in [-0.3, -0.25) is 4.79 Å². The second-order valence-corrected chi connectivity index (χ2v) is 4.27. The van der Waals surface area contributed by atoms with Gasteiger partial charge in [-0.1, -0.05) is 30.3 Å². The SMILES string of the molecule is [CH2+]C(Cc1ccccc1)C(=O)C1(C)CO1. The van der Waals surface area contributed by atoms with Crippen molar-refractivity contribution in [2.45, 2.75) is 18.9 Å². The van der Waals surface area contributed by atoms with Crippen molar-refractivity contribution in [1.29, 1.82) is 0 Å². The first-order valence-electron chi connectivity index (χ1n) is 5.17. The zero-order valence-electron chi connectivity index (χ0n) is 8.90. The Balaban J connectivity index is 1.98. The lowest BCUT2D eigenvalue weighted by Crippen LogP contribution is -2.28. The van der Waals surface area contributed by atoms with E-state index in [2.05, 4.69) is 6.92 Å². The van der Waals surface area contributed by atoms with Gasteiger partial charge in [-0.15, -0.1) is 0 Å². The number of rotatable bonds is 4. The molecule has 0 bridgehead atoms. The van der Waals surface area contributed by atoms with Gasteiger partial charge in [0.15, 0.2) is 11.5 Å². The Bertz CT molecular complexity index is 352. The highest BCUT2D eigenvalue weighted by Gasteiger charge is 2.50. The standard InChI is InChI=1S/C13H15O2/c1-10(12(14)13(2)9-15-13)8-11-6-4-3-5-7-11/h3-7,10H,1,8-9H2,2H3/q+1. The molecule has 0 saturated carbocycles. The Labute approximate surface area is 90.3 Å². The van der Waals surface area contributed by atoms with Gasteiger partial charge in [-0.25, -0.2) is 0 Å². The number of carbonyl (C=O) groups excluding carboxylic acids is 1. The number of ether oxygens (including phenoxy) is 1. The Morgan fingerprint density at radius 2 is 2.13 bits per heavy atom. The van der Waals surface area contributed by atoms with E-state index >= 15 is 0 Å². The van der Waals surface area contributed by atoms with Crippen LogP contribution >= 0.6 is 0 Å². The van der Waals surface area contributed by atoms with Crippen molar-refractivity contribution in [2.24, 2.45) is 5.92 Å². The summed E-state index contributed by atoms with van der Waals surface area (Å²) >= 11 is 0. The molecule has 0 spiro atoms. The second kappa shape index (κ2) is 3.70. The molecule has 2 atom stereocenters. The second-order valence-electron chi connectivity index (χ2n) is 4.27. The number of hydrogen-bond acceptors (Lipinski definition) is 2. The number of hydrogen-bond donors (Lipinski definition) is 0. The largest absolute Gasteiger partial charge is 0.361 e. The molecule has 2 nitrogen and oxygen atoms in total. The molecule has 0 amide bonds. The molecule has 1 heterocycles. The Kier molecular flexibility index (Phi) is 2.53. The topological polar surface area (TPSA) is 29.6 Å². The minimum absolute atomic E-state index is 0.117. The maximum atomic E-state index is 11.8. The van der Waals surface area contributed by atoms with Gasteiger partial charge in [0.2, 0.25) is 5.78 Å². The lowest BCUT2D eigenvalue weighted by molar-refractivity contribution is -0.126. The van der Waals surface area contributed by atoms with E-state index in [1.54, 1.807) is 0 Å². The summed E-state index contributed by atoms with van der Waals surface area (Å²) < 4.78 is 5.13. The average molecular weight is 203 g/mol. The van der Waals surface area contributed by atoms with Crippen LogP contribution in [-0.2, 0) is 16.0 Å². The third kappa shape index (κ3) is 2.21. The normalized spacial score (nSPS) is 25.9. The van der Waals surface area contributed by atoms with Crippen LogP contribution in [0.15, 0.2) is 30.3 Å². The lowest BCUT2D eigenvalue weighted by atomic mass is 9.90.